The topological polar surface area (TPSA) is 39.9 Å². The van der Waals surface area contributed by atoms with Gasteiger partial charge in [0.2, 0.25) is 0 Å². The Morgan fingerprint density at radius 1 is 1.19 bits per heavy atom. The predicted molar refractivity (Wildman–Crippen MR) is 88.5 cm³/mol. The monoisotopic (exact) mass is 297 g/mol. The second-order valence-corrected chi connectivity index (χ2v) is 5.84. The summed E-state index contributed by atoms with van der Waals surface area (Å²) in [6.45, 7) is 5.76. The van der Waals surface area contributed by atoms with E-state index in [0.717, 1.165) is 34.1 Å². The Labute approximate surface area is 130 Å². The zero-order chi connectivity index (χ0) is 15.1. The lowest BCUT2D eigenvalue weighted by molar-refractivity contribution is 0.806. The number of thioether (sulfide) groups is 1. The van der Waals surface area contributed by atoms with Crippen LogP contribution in [-0.2, 0) is 6.54 Å². The van der Waals surface area contributed by atoms with Crippen LogP contribution in [-0.4, -0.2) is 17.3 Å². The molecule has 3 nitrogen and oxygen atoms in total. The molecule has 0 spiro atoms. The molecule has 0 atom stereocenters. The summed E-state index contributed by atoms with van der Waals surface area (Å²) in [7, 11) is 0. The van der Waals surface area contributed by atoms with E-state index in [0.29, 0.717) is 6.54 Å². The lowest BCUT2D eigenvalue weighted by atomic mass is 10.1. The molecular formula is C17H19N3S. The third-order valence-electron chi connectivity index (χ3n) is 3.22. The third kappa shape index (κ3) is 3.77. The highest BCUT2D eigenvalue weighted by molar-refractivity contribution is 7.99. The summed E-state index contributed by atoms with van der Waals surface area (Å²) < 4.78 is 0. The van der Waals surface area contributed by atoms with Gasteiger partial charge in [0.25, 0.3) is 0 Å². The van der Waals surface area contributed by atoms with Crippen LogP contribution in [0.2, 0.25) is 0 Å². The van der Waals surface area contributed by atoms with Gasteiger partial charge in [-0.05, 0) is 36.9 Å². The molecule has 0 fully saturated rings. The summed E-state index contributed by atoms with van der Waals surface area (Å²) in [5.74, 6) is 0.963. The Kier molecular flexibility index (Phi) is 5.65. The number of hydrogen-bond acceptors (Lipinski definition) is 4. The molecule has 0 saturated heterocycles. The van der Waals surface area contributed by atoms with Crippen LogP contribution < -0.4 is 4.90 Å². The van der Waals surface area contributed by atoms with Gasteiger partial charge in [-0.3, -0.25) is 4.98 Å². The van der Waals surface area contributed by atoms with Crippen molar-refractivity contribution in [1.29, 1.82) is 5.26 Å². The molecule has 2 aromatic rings. The molecule has 1 aromatic heterocycles. The maximum Gasteiger partial charge on any atom is 0.103 e. The summed E-state index contributed by atoms with van der Waals surface area (Å²) in [4.78, 5) is 7.62. The van der Waals surface area contributed by atoms with Gasteiger partial charge in [-0.25, -0.2) is 0 Å². The van der Waals surface area contributed by atoms with Crippen molar-refractivity contribution in [2.24, 2.45) is 0 Å². The first-order valence-electron chi connectivity index (χ1n) is 7.10. The Balaban J connectivity index is 2.34. The van der Waals surface area contributed by atoms with Gasteiger partial charge >= 0.3 is 0 Å². The van der Waals surface area contributed by atoms with Crippen LogP contribution in [0, 0.1) is 11.3 Å². The largest absolute Gasteiger partial charge is 0.365 e. The lowest BCUT2D eigenvalue weighted by Crippen LogP contribution is -2.23. The molecule has 1 heterocycles. The van der Waals surface area contributed by atoms with Crippen LogP contribution in [0.25, 0.3) is 0 Å². The molecule has 108 valence electrons. The number of nitrogens with zero attached hydrogens (tertiary/aromatic N) is 3. The highest BCUT2D eigenvalue weighted by Gasteiger charge is 2.14. The summed E-state index contributed by atoms with van der Waals surface area (Å²) in [5.41, 5.74) is 2.77. The number of hydrogen-bond donors (Lipinski definition) is 0. The fraction of sp³-hybridized carbons (Fsp3) is 0.294. The van der Waals surface area contributed by atoms with Gasteiger partial charge in [0.15, 0.2) is 0 Å². The van der Waals surface area contributed by atoms with Crippen LogP contribution in [0.4, 0.5) is 5.69 Å². The standard InChI is InChI=1S/C17H19N3S/c1-3-20(13-14-8-5-6-11-19-14)16-9-7-10-17(21-4-2)15(16)12-18/h5-11H,3-4,13H2,1-2H3. The molecule has 2 rings (SSSR count). The molecule has 0 aliphatic rings. The third-order valence-corrected chi connectivity index (χ3v) is 4.16. The Hall–Kier alpha value is -1.99. The number of anilines is 1. The van der Waals surface area contributed by atoms with Gasteiger partial charge in [-0.1, -0.05) is 19.1 Å². The van der Waals surface area contributed by atoms with E-state index in [9.17, 15) is 5.26 Å². The van der Waals surface area contributed by atoms with E-state index in [1.54, 1.807) is 18.0 Å². The van der Waals surface area contributed by atoms with Crippen molar-refractivity contribution in [2.75, 3.05) is 17.2 Å². The quantitative estimate of drug-likeness (QED) is 0.753. The minimum absolute atomic E-state index is 0.715. The van der Waals surface area contributed by atoms with Crippen molar-refractivity contribution in [3.05, 3.63) is 53.9 Å². The van der Waals surface area contributed by atoms with Gasteiger partial charge < -0.3 is 4.90 Å². The van der Waals surface area contributed by atoms with Crippen LogP contribution in [0.15, 0.2) is 47.5 Å². The van der Waals surface area contributed by atoms with E-state index in [2.05, 4.69) is 29.8 Å². The first kappa shape index (κ1) is 15.4. The molecule has 4 heteroatoms. The summed E-state index contributed by atoms with van der Waals surface area (Å²) in [5, 5.41) is 9.53. The van der Waals surface area contributed by atoms with E-state index in [1.165, 1.54) is 0 Å². The molecule has 0 N–H and O–H groups in total. The number of benzene rings is 1. The smallest absolute Gasteiger partial charge is 0.103 e. The zero-order valence-electron chi connectivity index (χ0n) is 12.4. The van der Waals surface area contributed by atoms with Crippen LogP contribution in [0.3, 0.4) is 0 Å². The van der Waals surface area contributed by atoms with E-state index in [-0.39, 0.29) is 0 Å². The van der Waals surface area contributed by atoms with Crippen molar-refractivity contribution in [2.45, 2.75) is 25.3 Å². The van der Waals surface area contributed by atoms with E-state index in [1.807, 2.05) is 36.4 Å². The average molecular weight is 297 g/mol. The second-order valence-electron chi connectivity index (χ2n) is 4.53. The van der Waals surface area contributed by atoms with E-state index < -0.39 is 0 Å². The van der Waals surface area contributed by atoms with Crippen molar-refractivity contribution in [3.8, 4) is 6.07 Å². The molecule has 0 aliphatic heterocycles. The molecule has 0 amide bonds. The molecule has 0 aliphatic carbocycles. The predicted octanol–water partition coefficient (Wildman–Crippen LogP) is 4.09. The normalized spacial score (nSPS) is 10.1. The first-order valence-corrected chi connectivity index (χ1v) is 8.09. The van der Waals surface area contributed by atoms with Gasteiger partial charge in [0.05, 0.1) is 23.5 Å². The Morgan fingerprint density at radius 3 is 2.67 bits per heavy atom. The fourth-order valence-corrected chi connectivity index (χ4v) is 3.01. The average Bonchev–Trinajstić information content (AvgIpc) is 2.54. The van der Waals surface area contributed by atoms with Gasteiger partial charge in [0.1, 0.15) is 6.07 Å². The molecule has 0 unspecified atom stereocenters. The fourth-order valence-electron chi connectivity index (χ4n) is 2.23. The Bertz CT molecular complexity index is 620. The molecule has 21 heavy (non-hydrogen) atoms. The maximum absolute atomic E-state index is 9.53. The summed E-state index contributed by atoms with van der Waals surface area (Å²) in [6, 6.07) is 14.3. The SMILES string of the molecule is CCSc1cccc(N(CC)Cc2ccccn2)c1C#N. The van der Waals surface area contributed by atoms with Crippen LogP contribution >= 0.6 is 11.8 Å². The van der Waals surface area contributed by atoms with Crippen molar-refractivity contribution < 1.29 is 0 Å². The molecule has 1 aromatic carbocycles. The number of pyridine rings is 1. The van der Waals surface area contributed by atoms with Gasteiger partial charge in [0, 0.05) is 17.6 Å². The highest BCUT2D eigenvalue weighted by Crippen LogP contribution is 2.30. The Morgan fingerprint density at radius 2 is 2.05 bits per heavy atom. The number of aromatic nitrogens is 1. The summed E-state index contributed by atoms with van der Waals surface area (Å²) >= 11 is 1.71. The van der Waals surface area contributed by atoms with Crippen LogP contribution in [0.1, 0.15) is 25.1 Å². The van der Waals surface area contributed by atoms with Gasteiger partial charge in [-0.2, -0.15) is 5.26 Å². The zero-order valence-corrected chi connectivity index (χ0v) is 13.2. The van der Waals surface area contributed by atoms with Crippen LogP contribution in [0.5, 0.6) is 0 Å². The molecular weight excluding hydrogens is 278 g/mol. The van der Waals surface area contributed by atoms with E-state index >= 15 is 0 Å². The van der Waals surface area contributed by atoms with Crippen molar-refractivity contribution >= 4 is 17.4 Å². The molecule has 0 saturated carbocycles. The first-order chi connectivity index (χ1) is 10.3. The number of rotatable bonds is 6. The lowest BCUT2D eigenvalue weighted by Gasteiger charge is -2.24. The number of nitriles is 1. The van der Waals surface area contributed by atoms with Crippen molar-refractivity contribution in [3.63, 3.8) is 0 Å². The molecule has 0 bridgehead atoms. The maximum atomic E-state index is 9.53. The minimum atomic E-state index is 0.715. The van der Waals surface area contributed by atoms with E-state index in [4.69, 9.17) is 0 Å². The van der Waals surface area contributed by atoms with Crippen molar-refractivity contribution in [1.82, 2.24) is 4.98 Å². The second kappa shape index (κ2) is 7.70. The summed E-state index contributed by atoms with van der Waals surface area (Å²) in [6.07, 6.45) is 1.80. The highest BCUT2D eigenvalue weighted by atomic mass is 32.2. The minimum Gasteiger partial charge on any atom is -0.365 e. The van der Waals surface area contributed by atoms with Gasteiger partial charge in [-0.15, -0.1) is 11.8 Å². The molecule has 0 radical (unpaired) electrons.